The van der Waals surface area contributed by atoms with E-state index in [4.69, 9.17) is 9.84 Å². The van der Waals surface area contributed by atoms with E-state index >= 15 is 0 Å². The summed E-state index contributed by atoms with van der Waals surface area (Å²) in [5.74, 6) is -1.47. The van der Waals surface area contributed by atoms with Crippen LogP contribution in [0.25, 0.3) is 0 Å². The first-order valence-corrected chi connectivity index (χ1v) is 7.73. The van der Waals surface area contributed by atoms with Crippen molar-refractivity contribution in [3.8, 4) is 0 Å². The first-order valence-electron chi connectivity index (χ1n) is 7.73. The van der Waals surface area contributed by atoms with Crippen molar-refractivity contribution in [2.45, 2.75) is 77.6 Å². The Morgan fingerprint density at radius 2 is 1.45 bits per heavy atom. The van der Waals surface area contributed by atoms with Gasteiger partial charge in [-0.3, -0.25) is 9.59 Å². The summed E-state index contributed by atoms with van der Waals surface area (Å²) in [6, 6.07) is 0. The van der Waals surface area contributed by atoms with Crippen LogP contribution >= 0.6 is 0 Å². The number of ether oxygens (including phenoxy) is 1. The predicted molar refractivity (Wildman–Crippen MR) is 93.6 cm³/mol. The SMILES string of the molecule is CCCCCCCCCCC=COC(=O)CCC(=O)O.[KH].[KH]. The molecule has 4 nitrogen and oxygen atoms in total. The van der Waals surface area contributed by atoms with E-state index in [-0.39, 0.29) is 116 Å². The molecular formula is C16H30K2O4. The van der Waals surface area contributed by atoms with E-state index in [1.807, 2.05) is 6.08 Å². The third-order valence-electron chi connectivity index (χ3n) is 3.06. The zero-order valence-corrected chi connectivity index (χ0v) is 12.6. The van der Waals surface area contributed by atoms with Gasteiger partial charge in [-0.25, -0.2) is 0 Å². The van der Waals surface area contributed by atoms with Crippen LogP contribution in [0.2, 0.25) is 0 Å². The average molecular weight is 365 g/mol. The van der Waals surface area contributed by atoms with Gasteiger partial charge in [0.2, 0.25) is 0 Å². The van der Waals surface area contributed by atoms with Crippen LogP contribution in [0.4, 0.5) is 0 Å². The van der Waals surface area contributed by atoms with Crippen molar-refractivity contribution in [3.05, 3.63) is 12.3 Å². The Morgan fingerprint density at radius 1 is 0.909 bits per heavy atom. The molecule has 0 aromatic carbocycles. The second-order valence-corrected chi connectivity index (χ2v) is 5.02. The Morgan fingerprint density at radius 3 is 2.00 bits per heavy atom. The first-order chi connectivity index (χ1) is 9.66. The van der Waals surface area contributed by atoms with Crippen molar-refractivity contribution < 1.29 is 19.4 Å². The molecule has 0 aliphatic rings. The molecule has 22 heavy (non-hydrogen) atoms. The van der Waals surface area contributed by atoms with Crippen molar-refractivity contribution in [1.82, 2.24) is 0 Å². The quantitative estimate of drug-likeness (QED) is 0.236. The number of hydrogen-bond donors (Lipinski definition) is 1. The fourth-order valence-electron chi connectivity index (χ4n) is 1.86. The number of rotatable bonds is 13. The van der Waals surface area contributed by atoms with Crippen LogP contribution in [0, 0.1) is 0 Å². The Balaban J connectivity index is -0.00000180. The van der Waals surface area contributed by atoms with Gasteiger partial charge in [-0.05, 0) is 18.9 Å². The zero-order valence-electron chi connectivity index (χ0n) is 12.6. The minimum absolute atomic E-state index is 0. The second-order valence-electron chi connectivity index (χ2n) is 5.02. The molecule has 1 N–H and O–H groups in total. The summed E-state index contributed by atoms with van der Waals surface area (Å²) >= 11 is 0. The van der Waals surface area contributed by atoms with Crippen LogP contribution in [0.3, 0.4) is 0 Å². The molecule has 0 bridgehead atoms. The van der Waals surface area contributed by atoms with Gasteiger partial charge in [0.25, 0.3) is 0 Å². The molecule has 0 rings (SSSR count). The molecule has 0 unspecified atom stereocenters. The number of carbonyl (C=O) groups is 2. The summed E-state index contributed by atoms with van der Waals surface area (Å²) in [7, 11) is 0. The molecule has 0 saturated heterocycles. The molecule has 0 aliphatic carbocycles. The number of allylic oxidation sites excluding steroid dienone is 1. The Hall–Kier alpha value is 1.95. The number of carboxylic acid groups (broad SMARTS) is 1. The van der Waals surface area contributed by atoms with Crippen LogP contribution in [0.5, 0.6) is 0 Å². The predicted octanol–water partition coefficient (Wildman–Crippen LogP) is 3.14. The molecule has 0 amide bonds. The first kappa shape index (κ1) is 28.7. The van der Waals surface area contributed by atoms with Crippen LogP contribution in [-0.2, 0) is 14.3 Å². The van der Waals surface area contributed by atoms with Crippen molar-refractivity contribution in [2.75, 3.05) is 0 Å². The van der Waals surface area contributed by atoms with Crippen molar-refractivity contribution in [2.24, 2.45) is 0 Å². The number of unbranched alkanes of at least 4 members (excludes halogenated alkanes) is 8. The number of aliphatic carboxylic acids is 1. The molecule has 0 heterocycles. The van der Waals surface area contributed by atoms with Crippen molar-refractivity contribution in [1.29, 1.82) is 0 Å². The maximum absolute atomic E-state index is 11.1. The summed E-state index contributed by atoms with van der Waals surface area (Å²) in [5.41, 5.74) is 0. The van der Waals surface area contributed by atoms with Gasteiger partial charge in [0.15, 0.2) is 0 Å². The molecule has 0 aliphatic heterocycles. The third kappa shape index (κ3) is 24.2. The Labute approximate surface area is 220 Å². The molecule has 0 radical (unpaired) electrons. The molecular weight excluding hydrogens is 334 g/mol. The van der Waals surface area contributed by atoms with E-state index in [0.717, 1.165) is 12.8 Å². The van der Waals surface area contributed by atoms with E-state index in [9.17, 15) is 9.59 Å². The summed E-state index contributed by atoms with van der Waals surface area (Å²) in [5, 5.41) is 8.40. The standard InChI is InChI=1S/C16H28O4.2K.2H/c1-2-3-4-5-6-7-8-9-10-11-14-20-16(19)13-12-15(17)18;;;;/h11,14H,2-10,12-13H2,1H3,(H,17,18);;;;. The van der Waals surface area contributed by atoms with E-state index in [1.165, 1.54) is 51.2 Å². The number of hydrogen-bond acceptors (Lipinski definition) is 3. The zero-order chi connectivity index (χ0) is 15.1. The number of esters is 1. The van der Waals surface area contributed by atoms with Crippen molar-refractivity contribution in [3.63, 3.8) is 0 Å². The van der Waals surface area contributed by atoms with Gasteiger partial charge in [-0.2, -0.15) is 0 Å². The van der Waals surface area contributed by atoms with E-state index in [0.29, 0.717) is 0 Å². The van der Waals surface area contributed by atoms with Gasteiger partial charge in [0.1, 0.15) is 0 Å². The van der Waals surface area contributed by atoms with Gasteiger partial charge < -0.3 is 9.84 Å². The molecule has 6 heteroatoms. The van der Waals surface area contributed by atoms with Gasteiger partial charge in [0.05, 0.1) is 19.1 Å². The molecule has 0 spiro atoms. The van der Waals surface area contributed by atoms with E-state index in [1.54, 1.807) is 0 Å². The Kier molecular flexibility index (Phi) is 30.0. The van der Waals surface area contributed by atoms with Crippen molar-refractivity contribution >= 4 is 115 Å². The van der Waals surface area contributed by atoms with Gasteiger partial charge in [0, 0.05) is 0 Å². The normalized spacial score (nSPS) is 9.86. The molecule has 120 valence electrons. The summed E-state index contributed by atoms with van der Waals surface area (Å²) in [6.45, 7) is 2.22. The topological polar surface area (TPSA) is 63.6 Å². The number of carbonyl (C=O) groups excluding carboxylic acids is 1. The van der Waals surface area contributed by atoms with Gasteiger partial charge >= 0.3 is 115 Å². The van der Waals surface area contributed by atoms with Crippen LogP contribution in [-0.4, -0.2) is 120 Å². The molecule has 0 atom stereocenters. The van der Waals surface area contributed by atoms with Gasteiger partial charge in [-0.1, -0.05) is 51.9 Å². The average Bonchev–Trinajstić information content (AvgIpc) is 2.42. The molecule has 0 saturated carbocycles. The fourth-order valence-corrected chi connectivity index (χ4v) is 1.86. The number of carboxylic acids is 1. The molecule has 0 aromatic heterocycles. The third-order valence-corrected chi connectivity index (χ3v) is 3.06. The van der Waals surface area contributed by atoms with Crippen LogP contribution in [0.1, 0.15) is 77.6 Å². The second kappa shape index (κ2) is 23.0. The minimum atomic E-state index is -0.982. The summed E-state index contributed by atoms with van der Waals surface area (Å²) in [4.78, 5) is 21.3. The fraction of sp³-hybridized carbons (Fsp3) is 0.750. The van der Waals surface area contributed by atoms with Crippen LogP contribution < -0.4 is 0 Å². The van der Waals surface area contributed by atoms with E-state index in [2.05, 4.69) is 6.92 Å². The Bertz CT molecular complexity index is 294. The maximum atomic E-state index is 11.1. The molecule has 0 fully saturated rings. The monoisotopic (exact) mass is 364 g/mol. The molecule has 0 aromatic rings. The van der Waals surface area contributed by atoms with Gasteiger partial charge in [-0.15, -0.1) is 0 Å². The van der Waals surface area contributed by atoms with Crippen LogP contribution in [0.15, 0.2) is 12.3 Å². The summed E-state index contributed by atoms with van der Waals surface area (Å²) < 4.78 is 4.78. The van der Waals surface area contributed by atoms with E-state index < -0.39 is 11.9 Å². The summed E-state index contributed by atoms with van der Waals surface area (Å²) in [6.07, 6.45) is 14.1.